The van der Waals surface area contributed by atoms with Gasteiger partial charge in [-0.1, -0.05) is 50.2 Å². The maximum Gasteiger partial charge on any atom is 0.264 e. The third kappa shape index (κ3) is 5.88. The molecule has 1 amide bonds. The molecular formula is C26H30N2O5S. The number of nitrogens with one attached hydrogen (secondary N) is 1. The van der Waals surface area contributed by atoms with Crippen LogP contribution in [0.25, 0.3) is 0 Å². The van der Waals surface area contributed by atoms with Gasteiger partial charge in [0, 0.05) is 6.54 Å². The molecule has 0 bridgehead atoms. The standard InChI is InChI=1S/C26H30N2O5S/c1-19(2)21-11-13-22(14-12-21)28(34(30,31)23-8-6-5-7-9-23)18-26(29)27-17-20-10-15-24(32-3)25(16-20)33-4/h5-16,19H,17-18H2,1-4H3,(H,27,29). The molecule has 0 heterocycles. The van der Waals surface area contributed by atoms with Crippen LogP contribution in [0, 0.1) is 0 Å². The molecule has 0 spiro atoms. The zero-order chi connectivity index (χ0) is 24.7. The first-order chi connectivity index (χ1) is 16.3. The molecular weight excluding hydrogens is 452 g/mol. The van der Waals surface area contributed by atoms with Crippen LogP contribution in [0.3, 0.4) is 0 Å². The molecule has 0 fully saturated rings. The molecule has 3 aromatic carbocycles. The van der Waals surface area contributed by atoms with E-state index in [2.05, 4.69) is 19.2 Å². The largest absolute Gasteiger partial charge is 0.493 e. The Morgan fingerprint density at radius 3 is 2.15 bits per heavy atom. The molecule has 180 valence electrons. The minimum atomic E-state index is -3.95. The highest BCUT2D eigenvalue weighted by Crippen LogP contribution is 2.28. The first kappa shape index (κ1) is 25.1. The molecule has 0 saturated carbocycles. The van der Waals surface area contributed by atoms with Crippen molar-refractivity contribution in [3.05, 3.63) is 83.9 Å². The molecule has 1 N–H and O–H groups in total. The van der Waals surface area contributed by atoms with Gasteiger partial charge in [0.1, 0.15) is 6.54 Å². The topological polar surface area (TPSA) is 84.9 Å². The lowest BCUT2D eigenvalue weighted by Gasteiger charge is -2.24. The van der Waals surface area contributed by atoms with Crippen molar-refractivity contribution in [2.45, 2.75) is 31.2 Å². The number of rotatable bonds is 10. The van der Waals surface area contributed by atoms with Gasteiger partial charge in [0.25, 0.3) is 10.0 Å². The summed E-state index contributed by atoms with van der Waals surface area (Å²) in [7, 11) is -0.860. The lowest BCUT2D eigenvalue weighted by atomic mass is 10.0. The number of carbonyl (C=O) groups is 1. The lowest BCUT2D eigenvalue weighted by Crippen LogP contribution is -2.40. The van der Waals surface area contributed by atoms with Crippen molar-refractivity contribution < 1.29 is 22.7 Å². The Bertz CT molecular complexity index is 1210. The minimum Gasteiger partial charge on any atom is -0.493 e. The van der Waals surface area contributed by atoms with Crippen LogP contribution in [0.1, 0.15) is 30.9 Å². The lowest BCUT2D eigenvalue weighted by molar-refractivity contribution is -0.119. The first-order valence-corrected chi connectivity index (χ1v) is 12.4. The van der Waals surface area contributed by atoms with E-state index in [0.717, 1.165) is 15.4 Å². The van der Waals surface area contributed by atoms with Gasteiger partial charge in [-0.3, -0.25) is 9.10 Å². The Morgan fingerprint density at radius 2 is 1.56 bits per heavy atom. The van der Waals surface area contributed by atoms with Gasteiger partial charge in [0.2, 0.25) is 5.91 Å². The molecule has 0 aliphatic carbocycles. The fourth-order valence-electron chi connectivity index (χ4n) is 3.44. The number of nitrogens with zero attached hydrogens (tertiary/aromatic N) is 1. The number of benzene rings is 3. The van der Waals surface area contributed by atoms with Crippen molar-refractivity contribution in [3.8, 4) is 11.5 Å². The number of anilines is 1. The number of amides is 1. The zero-order valence-corrected chi connectivity index (χ0v) is 20.6. The van der Waals surface area contributed by atoms with E-state index < -0.39 is 15.9 Å². The van der Waals surface area contributed by atoms with E-state index in [1.165, 1.54) is 19.2 Å². The van der Waals surface area contributed by atoms with Crippen molar-refractivity contribution in [2.24, 2.45) is 0 Å². The molecule has 0 unspecified atom stereocenters. The minimum absolute atomic E-state index is 0.121. The monoisotopic (exact) mass is 482 g/mol. The van der Waals surface area contributed by atoms with Crippen LogP contribution in [-0.4, -0.2) is 35.1 Å². The maximum absolute atomic E-state index is 13.4. The molecule has 0 radical (unpaired) electrons. The van der Waals surface area contributed by atoms with Crippen molar-refractivity contribution in [2.75, 3.05) is 25.1 Å². The molecule has 34 heavy (non-hydrogen) atoms. The predicted molar refractivity (Wildman–Crippen MR) is 133 cm³/mol. The average molecular weight is 483 g/mol. The van der Waals surface area contributed by atoms with Crippen molar-refractivity contribution in [1.82, 2.24) is 5.32 Å². The van der Waals surface area contributed by atoms with Gasteiger partial charge in [0.05, 0.1) is 24.8 Å². The summed E-state index contributed by atoms with van der Waals surface area (Å²) >= 11 is 0. The van der Waals surface area contributed by atoms with Crippen molar-refractivity contribution >= 4 is 21.6 Å². The average Bonchev–Trinajstić information content (AvgIpc) is 2.86. The molecule has 3 aromatic rings. The summed E-state index contributed by atoms with van der Waals surface area (Å²) < 4.78 is 38.5. The highest BCUT2D eigenvalue weighted by Gasteiger charge is 2.27. The van der Waals surface area contributed by atoms with Crippen LogP contribution in [-0.2, 0) is 21.4 Å². The number of methoxy groups -OCH3 is 2. The Labute approximate surface area is 201 Å². The SMILES string of the molecule is COc1ccc(CNC(=O)CN(c2ccc(C(C)C)cc2)S(=O)(=O)c2ccccc2)cc1OC. The quantitative estimate of drug-likeness (QED) is 0.465. The molecule has 8 heteroatoms. The van der Waals surface area contributed by atoms with Crippen LogP contribution in [0.15, 0.2) is 77.7 Å². The van der Waals surface area contributed by atoms with Crippen molar-refractivity contribution in [3.63, 3.8) is 0 Å². The van der Waals surface area contributed by atoms with E-state index in [0.29, 0.717) is 23.1 Å². The summed E-state index contributed by atoms with van der Waals surface area (Å²) in [6.45, 7) is 3.99. The van der Waals surface area contributed by atoms with Crippen LogP contribution in [0.5, 0.6) is 11.5 Å². The summed E-state index contributed by atoms with van der Waals surface area (Å²) in [5.74, 6) is 1.01. The van der Waals surface area contributed by atoms with Gasteiger partial charge in [0.15, 0.2) is 11.5 Å². The molecule has 0 atom stereocenters. The number of hydrogen-bond acceptors (Lipinski definition) is 5. The first-order valence-electron chi connectivity index (χ1n) is 10.9. The number of ether oxygens (including phenoxy) is 2. The van der Waals surface area contributed by atoms with E-state index in [1.54, 1.807) is 49.6 Å². The van der Waals surface area contributed by atoms with Gasteiger partial charge >= 0.3 is 0 Å². The molecule has 0 saturated heterocycles. The van der Waals surface area contributed by atoms with Gasteiger partial charge in [-0.25, -0.2) is 8.42 Å². The van der Waals surface area contributed by atoms with E-state index in [-0.39, 0.29) is 18.0 Å². The fourth-order valence-corrected chi connectivity index (χ4v) is 4.88. The zero-order valence-electron chi connectivity index (χ0n) is 19.8. The Balaban J connectivity index is 1.83. The van der Waals surface area contributed by atoms with Crippen LogP contribution >= 0.6 is 0 Å². The molecule has 0 aliphatic rings. The Kier molecular flexibility index (Phi) is 8.17. The Hall–Kier alpha value is -3.52. The van der Waals surface area contributed by atoms with E-state index >= 15 is 0 Å². The van der Waals surface area contributed by atoms with Gasteiger partial charge in [-0.05, 0) is 53.4 Å². The number of hydrogen-bond donors (Lipinski definition) is 1. The van der Waals surface area contributed by atoms with Crippen LogP contribution < -0.4 is 19.1 Å². The summed E-state index contributed by atoms with van der Waals surface area (Å²) in [5, 5.41) is 2.80. The summed E-state index contributed by atoms with van der Waals surface area (Å²) in [4.78, 5) is 13.0. The normalized spacial score (nSPS) is 11.2. The highest BCUT2D eigenvalue weighted by atomic mass is 32.2. The third-order valence-electron chi connectivity index (χ3n) is 5.40. The van der Waals surface area contributed by atoms with Crippen LogP contribution in [0.2, 0.25) is 0 Å². The van der Waals surface area contributed by atoms with E-state index in [4.69, 9.17) is 9.47 Å². The second-order valence-corrected chi connectivity index (χ2v) is 9.90. The molecule has 0 aliphatic heterocycles. The summed E-state index contributed by atoms with van der Waals surface area (Å²) in [6.07, 6.45) is 0. The number of sulfonamides is 1. The predicted octanol–water partition coefficient (Wildman–Crippen LogP) is 4.34. The second kappa shape index (κ2) is 11.1. The van der Waals surface area contributed by atoms with Crippen molar-refractivity contribution in [1.29, 1.82) is 0 Å². The summed E-state index contributed by atoms with van der Waals surface area (Å²) in [6, 6.07) is 20.7. The van der Waals surface area contributed by atoms with Gasteiger partial charge < -0.3 is 14.8 Å². The molecule has 3 rings (SSSR count). The Morgan fingerprint density at radius 1 is 0.912 bits per heavy atom. The molecule has 0 aromatic heterocycles. The molecule has 7 nitrogen and oxygen atoms in total. The third-order valence-corrected chi connectivity index (χ3v) is 7.19. The smallest absolute Gasteiger partial charge is 0.264 e. The summed E-state index contributed by atoms with van der Waals surface area (Å²) in [5.41, 5.74) is 2.30. The fraction of sp³-hybridized carbons (Fsp3) is 0.269. The van der Waals surface area contributed by atoms with Gasteiger partial charge in [-0.15, -0.1) is 0 Å². The number of carbonyl (C=O) groups excluding carboxylic acids is 1. The maximum atomic E-state index is 13.4. The van der Waals surface area contributed by atoms with E-state index in [1.807, 2.05) is 18.2 Å². The van der Waals surface area contributed by atoms with Gasteiger partial charge in [-0.2, -0.15) is 0 Å². The highest BCUT2D eigenvalue weighted by molar-refractivity contribution is 7.92. The second-order valence-electron chi connectivity index (χ2n) is 8.04. The van der Waals surface area contributed by atoms with Crippen LogP contribution in [0.4, 0.5) is 5.69 Å². The van der Waals surface area contributed by atoms with E-state index in [9.17, 15) is 13.2 Å².